The minimum atomic E-state index is 0.102. The van der Waals surface area contributed by atoms with Gasteiger partial charge in [-0.25, -0.2) is 4.98 Å². The largest absolute Gasteiger partial charge is 0.430 e. The summed E-state index contributed by atoms with van der Waals surface area (Å²) < 4.78 is 5.36. The summed E-state index contributed by atoms with van der Waals surface area (Å²) in [6.45, 7) is 1.54. The molecule has 0 aliphatic carbocycles. The molecule has 14 heavy (non-hydrogen) atoms. The number of ketones is 1. The number of hydrogen-bond donors (Lipinski definition) is 0. The van der Waals surface area contributed by atoms with Crippen LogP contribution < -0.4 is 0 Å². The Morgan fingerprint density at radius 2 is 2.50 bits per heavy atom. The maximum absolute atomic E-state index is 10.7. The van der Waals surface area contributed by atoms with E-state index in [1.807, 2.05) is 0 Å². The molecule has 0 N–H and O–H groups in total. The van der Waals surface area contributed by atoms with Crippen LogP contribution in [0.2, 0.25) is 0 Å². The van der Waals surface area contributed by atoms with E-state index in [1.165, 1.54) is 18.7 Å². The minimum absolute atomic E-state index is 0.102. The van der Waals surface area contributed by atoms with Gasteiger partial charge in [0.1, 0.15) is 5.78 Å². The molecule has 2 rings (SSSR count). The Labute approximate surface area is 84.7 Å². The smallest absolute Gasteiger partial charge is 0.258 e. The number of rotatable bonds is 3. The number of pyridine rings is 1. The number of nitrogens with zero attached hydrogens (tertiary/aromatic N) is 2. The Morgan fingerprint density at radius 1 is 1.64 bits per heavy atom. The Kier molecular flexibility index (Phi) is 2.49. The van der Waals surface area contributed by atoms with Crippen LogP contribution in [0.25, 0.3) is 11.2 Å². The third-order valence-corrected chi connectivity index (χ3v) is 2.52. The highest BCUT2D eigenvalue weighted by atomic mass is 32.2. The summed E-state index contributed by atoms with van der Waals surface area (Å²) in [7, 11) is 0. The van der Waals surface area contributed by atoms with Crippen LogP contribution in [0, 0.1) is 0 Å². The van der Waals surface area contributed by atoms with Gasteiger partial charge in [0.2, 0.25) is 0 Å². The maximum Gasteiger partial charge on any atom is 0.258 e. The molecule has 4 nitrogen and oxygen atoms in total. The standard InChI is InChI=1S/C9H8N2O2S/c1-6(12)5-14-9-11-8-7(13-9)3-2-4-10-8/h2-4H,5H2,1H3. The van der Waals surface area contributed by atoms with Gasteiger partial charge in [0.25, 0.3) is 5.22 Å². The fourth-order valence-corrected chi connectivity index (χ4v) is 1.60. The van der Waals surface area contributed by atoms with Crippen molar-refractivity contribution in [3.8, 4) is 0 Å². The molecule has 2 aromatic rings. The molecular weight excluding hydrogens is 200 g/mol. The van der Waals surface area contributed by atoms with Crippen LogP contribution in [0.4, 0.5) is 0 Å². The highest BCUT2D eigenvalue weighted by Crippen LogP contribution is 2.21. The van der Waals surface area contributed by atoms with Gasteiger partial charge in [-0.15, -0.1) is 0 Å². The van der Waals surface area contributed by atoms with E-state index in [1.54, 1.807) is 18.3 Å². The van der Waals surface area contributed by atoms with Gasteiger partial charge in [-0.3, -0.25) is 4.79 Å². The van der Waals surface area contributed by atoms with Gasteiger partial charge >= 0.3 is 0 Å². The molecule has 72 valence electrons. The zero-order valence-electron chi connectivity index (χ0n) is 7.56. The van der Waals surface area contributed by atoms with E-state index in [9.17, 15) is 4.79 Å². The van der Waals surface area contributed by atoms with Gasteiger partial charge < -0.3 is 4.42 Å². The number of fused-ring (bicyclic) bond motifs is 1. The highest BCUT2D eigenvalue weighted by molar-refractivity contribution is 7.99. The molecule has 0 saturated heterocycles. The molecule has 0 bridgehead atoms. The van der Waals surface area contributed by atoms with E-state index in [2.05, 4.69) is 9.97 Å². The molecule has 2 aromatic heterocycles. The van der Waals surface area contributed by atoms with E-state index < -0.39 is 0 Å². The lowest BCUT2D eigenvalue weighted by Gasteiger charge is -1.88. The number of oxazole rings is 1. The molecule has 5 heteroatoms. The van der Waals surface area contributed by atoms with E-state index in [0.717, 1.165) is 0 Å². The van der Waals surface area contributed by atoms with Gasteiger partial charge in [0.05, 0.1) is 5.75 Å². The van der Waals surface area contributed by atoms with Crippen LogP contribution >= 0.6 is 11.8 Å². The zero-order chi connectivity index (χ0) is 9.97. The van der Waals surface area contributed by atoms with Crippen molar-refractivity contribution in [1.29, 1.82) is 0 Å². The molecule has 0 atom stereocenters. The Bertz CT molecular complexity index is 434. The number of thioether (sulfide) groups is 1. The van der Waals surface area contributed by atoms with E-state index >= 15 is 0 Å². The van der Waals surface area contributed by atoms with Crippen LogP contribution in [0.15, 0.2) is 28.0 Å². The fraction of sp³-hybridized carbons (Fsp3) is 0.222. The monoisotopic (exact) mass is 208 g/mol. The Morgan fingerprint density at radius 3 is 3.21 bits per heavy atom. The van der Waals surface area contributed by atoms with Crippen molar-refractivity contribution in [3.05, 3.63) is 18.3 Å². The van der Waals surface area contributed by atoms with Gasteiger partial charge in [0, 0.05) is 6.20 Å². The lowest BCUT2D eigenvalue weighted by Crippen LogP contribution is -1.92. The van der Waals surface area contributed by atoms with Gasteiger partial charge in [-0.1, -0.05) is 11.8 Å². The van der Waals surface area contributed by atoms with Gasteiger partial charge in [-0.05, 0) is 19.1 Å². The first-order valence-electron chi connectivity index (χ1n) is 4.09. The van der Waals surface area contributed by atoms with Crippen molar-refractivity contribution >= 4 is 28.8 Å². The third-order valence-electron chi connectivity index (χ3n) is 1.54. The lowest BCUT2D eigenvalue weighted by atomic mass is 10.5. The molecule has 0 spiro atoms. The first-order valence-corrected chi connectivity index (χ1v) is 5.08. The predicted molar refractivity (Wildman–Crippen MR) is 53.2 cm³/mol. The number of hydrogen-bond acceptors (Lipinski definition) is 5. The van der Waals surface area contributed by atoms with E-state index in [-0.39, 0.29) is 5.78 Å². The molecule has 0 aliphatic rings. The molecule has 0 radical (unpaired) electrons. The van der Waals surface area contributed by atoms with Crippen LogP contribution in [0.3, 0.4) is 0 Å². The molecule has 2 heterocycles. The Hall–Kier alpha value is -1.36. The summed E-state index contributed by atoms with van der Waals surface area (Å²) in [4.78, 5) is 18.9. The van der Waals surface area contributed by atoms with Gasteiger partial charge in [-0.2, -0.15) is 4.98 Å². The van der Waals surface area contributed by atoms with Crippen LogP contribution in [0.1, 0.15) is 6.92 Å². The number of Topliss-reactive ketones (excluding diaryl/α,β-unsaturated/α-hetero) is 1. The summed E-state index contributed by atoms with van der Waals surface area (Å²) in [6, 6.07) is 3.58. The number of carbonyl (C=O) groups is 1. The van der Waals surface area contributed by atoms with Crippen molar-refractivity contribution in [2.45, 2.75) is 12.1 Å². The topological polar surface area (TPSA) is 56.0 Å². The van der Waals surface area contributed by atoms with Crippen molar-refractivity contribution in [2.75, 3.05) is 5.75 Å². The molecule has 0 aromatic carbocycles. The molecule has 0 saturated carbocycles. The number of carbonyl (C=O) groups excluding carboxylic acids is 1. The average Bonchev–Trinajstić information content (AvgIpc) is 2.57. The SMILES string of the molecule is CC(=O)CSc1nc2ncccc2o1. The Balaban J connectivity index is 2.22. The first-order chi connectivity index (χ1) is 6.75. The second-order valence-corrected chi connectivity index (χ2v) is 3.72. The summed E-state index contributed by atoms with van der Waals surface area (Å²) in [5.41, 5.74) is 1.23. The summed E-state index contributed by atoms with van der Waals surface area (Å²) >= 11 is 1.29. The molecular formula is C9H8N2O2S. The van der Waals surface area contributed by atoms with E-state index in [4.69, 9.17) is 4.42 Å². The minimum Gasteiger partial charge on any atom is -0.430 e. The molecule has 0 fully saturated rings. The normalized spacial score (nSPS) is 10.6. The van der Waals surface area contributed by atoms with Crippen LogP contribution in [-0.4, -0.2) is 21.5 Å². The summed E-state index contributed by atoms with van der Waals surface area (Å²) in [5, 5.41) is 0.494. The number of aromatic nitrogens is 2. The van der Waals surface area contributed by atoms with Gasteiger partial charge in [0.15, 0.2) is 11.2 Å². The van der Waals surface area contributed by atoms with E-state index in [0.29, 0.717) is 22.2 Å². The van der Waals surface area contributed by atoms with Crippen molar-refractivity contribution < 1.29 is 9.21 Å². The van der Waals surface area contributed by atoms with Crippen molar-refractivity contribution in [2.24, 2.45) is 0 Å². The molecule has 0 aliphatic heterocycles. The maximum atomic E-state index is 10.7. The summed E-state index contributed by atoms with van der Waals surface area (Å²) in [5.74, 6) is 0.484. The fourth-order valence-electron chi connectivity index (χ4n) is 0.974. The van der Waals surface area contributed by atoms with Crippen LogP contribution in [0.5, 0.6) is 0 Å². The second-order valence-electron chi connectivity index (χ2n) is 2.80. The highest BCUT2D eigenvalue weighted by Gasteiger charge is 2.06. The average molecular weight is 208 g/mol. The van der Waals surface area contributed by atoms with Crippen LogP contribution in [-0.2, 0) is 4.79 Å². The first kappa shape index (κ1) is 9.21. The lowest BCUT2D eigenvalue weighted by molar-refractivity contribution is -0.114. The molecule has 0 amide bonds. The van der Waals surface area contributed by atoms with Crippen molar-refractivity contribution in [3.63, 3.8) is 0 Å². The molecule has 0 unspecified atom stereocenters. The predicted octanol–water partition coefficient (Wildman–Crippen LogP) is 1.90. The van der Waals surface area contributed by atoms with Crippen molar-refractivity contribution in [1.82, 2.24) is 9.97 Å². The zero-order valence-corrected chi connectivity index (χ0v) is 8.37. The third kappa shape index (κ3) is 1.93. The quantitative estimate of drug-likeness (QED) is 0.721. The second kappa shape index (κ2) is 3.79. The summed E-state index contributed by atoms with van der Waals surface area (Å²) in [6.07, 6.45) is 1.66.